The Kier molecular flexibility index (Phi) is 5.82. The Morgan fingerprint density at radius 2 is 1.42 bits per heavy atom. The van der Waals surface area contributed by atoms with Gasteiger partial charge in [-0.3, -0.25) is 9.80 Å². The van der Waals surface area contributed by atoms with Gasteiger partial charge in [0.05, 0.1) is 34.9 Å². The molecule has 0 radical (unpaired) electrons. The number of carbonyl (C=O) groups is 2. The van der Waals surface area contributed by atoms with Crippen LogP contribution in [0.4, 0.5) is 45.5 Å². The molecule has 0 saturated heterocycles. The smallest absolute Gasteiger partial charge is 0.392 e. The van der Waals surface area contributed by atoms with Crippen LogP contribution in [0.25, 0.3) is 0 Å². The number of imide groups is 1. The van der Waals surface area contributed by atoms with E-state index in [1.807, 2.05) is 0 Å². The molecule has 6 nitrogen and oxygen atoms in total. The van der Waals surface area contributed by atoms with Crippen LogP contribution in [0.15, 0.2) is 72.8 Å². The summed E-state index contributed by atoms with van der Waals surface area (Å²) in [7, 11) is 0. The summed E-state index contributed by atoms with van der Waals surface area (Å²) < 4.78 is 40.6. The average Bonchev–Trinajstić information content (AvgIpc) is 2.90. The molecule has 0 saturated carbocycles. The van der Waals surface area contributed by atoms with Crippen LogP contribution < -0.4 is 14.7 Å². The molecule has 1 aliphatic rings. The zero-order chi connectivity index (χ0) is 23.8. The molecule has 0 spiro atoms. The summed E-state index contributed by atoms with van der Waals surface area (Å²) in [6.45, 7) is 1.58. The van der Waals surface area contributed by atoms with Crippen LogP contribution in [0.1, 0.15) is 18.1 Å². The fourth-order valence-corrected chi connectivity index (χ4v) is 3.72. The second kappa shape index (κ2) is 8.59. The molecule has 33 heavy (non-hydrogen) atoms. The van der Waals surface area contributed by atoms with Crippen LogP contribution in [0, 0.1) is 0 Å². The highest BCUT2D eigenvalue weighted by Crippen LogP contribution is 2.43. The van der Waals surface area contributed by atoms with Crippen molar-refractivity contribution in [3.63, 3.8) is 0 Å². The van der Waals surface area contributed by atoms with E-state index in [1.165, 1.54) is 23.1 Å². The molecule has 3 aromatic rings. The van der Waals surface area contributed by atoms with Gasteiger partial charge in [0.25, 0.3) is 0 Å². The average molecular weight is 455 g/mol. The Balaban J connectivity index is 1.97. The largest absolute Gasteiger partial charge is 0.416 e. The number of rotatable bonds is 4. The van der Waals surface area contributed by atoms with Gasteiger partial charge in [-0.1, -0.05) is 30.3 Å². The number of hydrogen-bond acceptors (Lipinski definition) is 3. The van der Waals surface area contributed by atoms with Gasteiger partial charge >= 0.3 is 18.2 Å². The van der Waals surface area contributed by atoms with E-state index in [1.54, 1.807) is 49.4 Å². The number of para-hydroxylation sites is 1. The number of hydrogen-bond donors (Lipinski definition) is 1. The Hall–Kier alpha value is -3.85. The van der Waals surface area contributed by atoms with Crippen LogP contribution in [-0.2, 0) is 12.8 Å². The molecule has 4 rings (SSSR count). The van der Waals surface area contributed by atoms with E-state index < -0.39 is 23.8 Å². The minimum atomic E-state index is -4.63. The maximum atomic E-state index is 13.8. The van der Waals surface area contributed by atoms with E-state index in [9.17, 15) is 27.9 Å². The van der Waals surface area contributed by atoms with Gasteiger partial charge in [0.1, 0.15) is 0 Å². The SMILES string of the molecule is CCN1C(=O)N(c2ccc(CO)cc2)C(=O)N(c2ccccc2)c2cc(C(F)(F)F)ccc21. The van der Waals surface area contributed by atoms with Crippen LogP contribution in [-0.4, -0.2) is 23.7 Å². The van der Waals surface area contributed by atoms with E-state index in [4.69, 9.17) is 0 Å². The predicted octanol–water partition coefficient (Wildman–Crippen LogP) is 5.92. The number of aliphatic hydroxyl groups is 1. The van der Waals surface area contributed by atoms with Crippen molar-refractivity contribution >= 4 is 34.8 Å². The Bertz CT molecular complexity index is 1180. The maximum Gasteiger partial charge on any atom is 0.416 e. The standard InChI is InChI=1S/C24H20F3N3O3/c1-2-28-20-13-10-17(24(25,26)27)14-21(20)29(18-6-4-3-5-7-18)23(33)30(22(28)32)19-11-8-16(15-31)9-12-19/h3-14,31H,2,15H2,1H3. The monoisotopic (exact) mass is 455 g/mol. The van der Waals surface area contributed by atoms with Crippen molar-refractivity contribution < 1.29 is 27.9 Å². The van der Waals surface area contributed by atoms with Gasteiger partial charge < -0.3 is 5.11 Å². The van der Waals surface area contributed by atoms with E-state index in [0.717, 1.165) is 21.9 Å². The zero-order valence-electron chi connectivity index (χ0n) is 17.6. The topological polar surface area (TPSA) is 64.1 Å². The van der Waals surface area contributed by atoms with E-state index >= 15 is 0 Å². The lowest BCUT2D eigenvalue weighted by molar-refractivity contribution is -0.137. The summed E-state index contributed by atoms with van der Waals surface area (Å²) in [6, 6.07) is 15.8. The lowest BCUT2D eigenvalue weighted by Crippen LogP contribution is -2.48. The molecule has 1 aliphatic heterocycles. The van der Waals surface area contributed by atoms with Gasteiger partial charge in [-0.05, 0) is 55.0 Å². The van der Waals surface area contributed by atoms with Crippen LogP contribution in [0.3, 0.4) is 0 Å². The normalized spacial score (nSPS) is 14.4. The van der Waals surface area contributed by atoms with Crippen molar-refractivity contribution in [2.75, 3.05) is 21.2 Å². The second-order valence-electron chi connectivity index (χ2n) is 7.34. The van der Waals surface area contributed by atoms with Gasteiger partial charge in [-0.25, -0.2) is 14.5 Å². The zero-order valence-corrected chi connectivity index (χ0v) is 17.6. The molecule has 3 aromatic carbocycles. The van der Waals surface area contributed by atoms with E-state index in [0.29, 0.717) is 11.3 Å². The number of nitrogens with zero attached hydrogens (tertiary/aromatic N) is 3. The molecule has 0 atom stereocenters. The Labute approximate surface area is 188 Å². The number of benzene rings is 3. The molecule has 170 valence electrons. The van der Waals surface area contributed by atoms with E-state index in [2.05, 4.69) is 0 Å². The number of alkyl halides is 3. The lowest BCUT2D eigenvalue weighted by atomic mass is 10.1. The first kappa shape index (κ1) is 22.3. The molecule has 0 aromatic heterocycles. The summed E-state index contributed by atoms with van der Waals surface area (Å²) in [5, 5.41) is 9.31. The van der Waals surface area contributed by atoms with Crippen LogP contribution in [0.2, 0.25) is 0 Å². The van der Waals surface area contributed by atoms with Crippen molar-refractivity contribution in [3.8, 4) is 0 Å². The summed E-state index contributed by atoms with van der Waals surface area (Å²) in [5.74, 6) is 0. The number of aliphatic hydroxyl groups excluding tert-OH is 1. The van der Waals surface area contributed by atoms with Gasteiger partial charge in [-0.2, -0.15) is 13.2 Å². The molecule has 0 fully saturated rings. The van der Waals surface area contributed by atoms with Crippen molar-refractivity contribution in [2.24, 2.45) is 0 Å². The highest BCUT2D eigenvalue weighted by atomic mass is 19.4. The van der Waals surface area contributed by atoms with Crippen molar-refractivity contribution in [1.29, 1.82) is 0 Å². The summed E-state index contributed by atoms with van der Waals surface area (Å²) in [4.78, 5) is 30.6. The van der Waals surface area contributed by atoms with Crippen molar-refractivity contribution in [1.82, 2.24) is 0 Å². The fourth-order valence-electron chi connectivity index (χ4n) is 3.72. The predicted molar refractivity (Wildman–Crippen MR) is 119 cm³/mol. The van der Waals surface area contributed by atoms with Crippen LogP contribution in [0.5, 0.6) is 0 Å². The number of amides is 4. The van der Waals surface area contributed by atoms with Gasteiger partial charge in [0, 0.05) is 6.54 Å². The molecular weight excluding hydrogens is 435 g/mol. The molecular formula is C24H20F3N3O3. The van der Waals surface area contributed by atoms with Crippen molar-refractivity contribution in [3.05, 3.63) is 83.9 Å². The number of urea groups is 2. The number of anilines is 4. The first-order valence-corrected chi connectivity index (χ1v) is 10.2. The molecule has 1 N–H and O–H groups in total. The van der Waals surface area contributed by atoms with Gasteiger partial charge in [0.15, 0.2) is 0 Å². The van der Waals surface area contributed by atoms with Gasteiger partial charge in [-0.15, -0.1) is 0 Å². The second-order valence-corrected chi connectivity index (χ2v) is 7.34. The quantitative estimate of drug-likeness (QED) is 0.531. The molecule has 0 aliphatic carbocycles. The molecule has 4 amide bonds. The molecule has 0 unspecified atom stereocenters. The van der Waals surface area contributed by atoms with Crippen LogP contribution >= 0.6 is 0 Å². The van der Waals surface area contributed by atoms with Crippen molar-refractivity contribution in [2.45, 2.75) is 19.7 Å². The third kappa shape index (κ3) is 4.03. The third-order valence-electron chi connectivity index (χ3n) is 5.35. The van der Waals surface area contributed by atoms with Gasteiger partial charge in [0.2, 0.25) is 0 Å². The minimum Gasteiger partial charge on any atom is -0.392 e. The highest BCUT2D eigenvalue weighted by Gasteiger charge is 2.41. The number of carbonyl (C=O) groups excluding carboxylic acids is 2. The lowest BCUT2D eigenvalue weighted by Gasteiger charge is -2.27. The maximum absolute atomic E-state index is 13.8. The summed E-state index contributed by atoms with van der Waals surface area (Å²) >= 11 is 0. The highest BCUT2D eigenvalue weighted by molar-refractivity contribution is 6.28. The molecule has 1 heterocycles. The van der Waals surface area contributed by atoms with E-state index in [-0.39, 0.29) is 30.2 Å². The summed E-state index contributed by atoms with van der Waals surface area (Å²) in [6.07, 6.45) is -4.63. The number of halogens is 3. The molecule has 0 bridgehead atoms. The minimum absolute atomic E-state index is 0.0503. The summed E-state index contributed by atoms with van der Waals surface area (Å²) in [5.41, 5.74) is 0.321. The first-order valence-electron chi connectivity index (χ1n) is 10.2. The Morgan fingerprint density at radius 3 is 2.00 bits per heavy atom. The molecule has 9 heteroatoms. The first-order chi connectivity index (χ1) is 15.8. The number of fused-ring (bicyclic) bond motifs is 1. The Morgan fingerprint density at radius 1 is 0.788 bits per heavy atom. The third-order valence-corrected chi connectivity index (χ3v) is 5.35. The fraction of sp³-hybridized carbons (Fsp3) is 0.167.